The lowest BCUT2D eigenvalue weighted by Gasteiger charge is -1.93. The second-order valence-corrected chi connectivity index (χ2v) is 2.72. The molecule has 2 aromatic rings. The molecule has 1 N–H and O–H groups in total. The molecule has 0 atom stereocenters. The standard InChI is InChI=1S/C9H7NO4/c11-8(12)3-6-4-13-5-7(6)9-10-1-2-14-9/h1-2,4-5H,3H2,(H,11,12). The Hall–Kier alpha value is -2.04. The van der Waals surface area contributed by atoms with E-state index in [1.54, 1.807) is 0 Å². The molecular weight excluding hydrogens is 186 g/mol. The Morgan fingerprint density at radius 1 is 1.50 bits per heavy atom. The largest absolute Gasteiger partial charge is 0.481 e. The van der Waals surface area contributed by atoms with Crippen LogP contribution in [0.15, 0.2) is 33.8 Å². The monoisotopic (exact) mass is 193 g/mol. The topological polar surface area (TPSA) is 76.5 Å². The van der Waals surface area contributed by atoms with Gasteiger partial charge in [-0.05, 0) is 0 Å². The third-order valence-corrected chi connectivity index (χ3v) is 1.75. The SMILES string of the molecule is O=C(O)Cc1cocc1-c1ncco1. The summed E-state index contributed by atoms with van der Waals surface area (Å²) in [5, 5.41) is 8.61. The zero-order valence-corrected chi connectivity index (χ0v) is 7.14. The highest BCUT2D eigenvalue weighted by Crippen LogP contribution is 2.23. The number of oxazole rings is 1. The number of hydrogen-bond donors (Lipinski definition) is 1. The molecule has 0 amide bonds. The van der Waals surface area contributed by atoms with E-state index in [1.807, 2.05) is 0 Å². The van der Waals surface area contributed by atoms with E-state index >= 15 is 0 Å². The van der Waals surface area contributed by atoms with Crippen molar-refractivity contribution in [3.05, 3.63) is 30.5 Å². The van der Waals surface area contributed by atoms with Crippen LogP contribution in [0.3, 0.4) is 0 Å². The van der Waals surface area contributed by atoms with Gasteiger partial charge in [-0.2, -0.15) is 0 Å². The first-order valence-corrected chi connectivity index (χ1v) is 3.94. The van der Waals surface area contributed by atoms with E-state index in [4.69, 9.17) is 13.9 Å². The second-order valence-electron chi connectivity index (χ2n) is 2.72. The summed E-state index contributed by atoms with van der Waals surface area (Å²) in [7, 11) is 0. The van der Waals surface area contributed by atoms with Crippen LogP contribution in [0.5, 0.6) is 0 Å². The van der Waals surface area contributed by atoms with Crippen molar-refractivity contribution in [2.24, 2.45) is 0 Å². The summed E-state index contributed by atoms with van der Waals surface area (Å²) in [5.41, 5.74) is 1.14. The molecule has 0 aliphatic heterocycles. The van der Waals surface area contributed by atoms with Gasteiger partial charge in [-0.3, -0.25) is 4.79 Å². The Bertz CT molecular complexity index is 429. The first-order chi connectivity index (χ1) is 6.77. The predicted octanol–water partition coefficient (Wildman–Crippen LogP) is 1.56. The van der Waals surface area contributed by atoms with Gasteiger partial charge in [-0.25, -0.2) is 4.98 Å². The predicted molar refractivity (Wildman–Crippen MR) is 45.5 cm³/mol. The summed E-state index contributed by atoms with van der Waals surface area (Å²) in [6, 6.07) is 0. The van der Waals surface area contributed by atoms with E-state index in [0.29, 0.717) is 17.0 Å². The van der Waals surface area contributed by atoms with Gasteiger partial charge in [0.2, 0.25) is 5.89 Å². The van der Waals surface area contributed by atoms with Gasteiger partial charge in [0, 0.05) is 5.56 Å². The minimum atomic E-state index is -0.917. The van der Waals surface area contributed by atoms with E-state index in [9.17, 15) is 4.79 Å². The van der Waals surface area contributed by atoms with Gasteiger partial charge in [-0.1, -0.05) is 0 Å². The molecule has 0 unspecified atom stereocenters. The fourth-order valence-corrected chi connectivity index (χ4v) is 1.17. The van der Waals surface area contributed by atoms with Gasteiger partial charge >= 0.3 is 5.97 Å². The maximum atomic E-state index is 10.5. The van der Waals surface area contributed by atoms with Crippen molar-refractivity contribution in [1.82, 2.24) is 4.98 Å². The number of hydrogen-bond acceptors (Lipinski definition) is 4. The van der Waals surface area contributed by atoms with Crippen molar-refractivity contribution in [3.63, 3.8) is 0 Å². The lowest BCUT2D eigenvalue weighted by molar-refractivity contribution is -0.136. The molecule has 14 heavy (non-hydrogen) atoms. The molecular formula is C9H7NO4. The lowest BCUT2D eigenvalue weighted by atomic mass is 10.1. The minimum Gasteiger partial charge on any atom is -0.481 e. The van der Waals surface area contributed by atoms with Gasteiger partial charge in [0.1, 0.15) is 12.5 Å². The van der Waals surface area contributed by atoms with Crippen LogP contribution in [0.2, 0.25) is 0 Å². The maximum absolute atomic E-state index is 10.5. The molecule has 2 heterocycles. The Kier molecular flexibility index (Phi) is 2.06. The number of carboxylic acids is 1. The number of rotatable bonds is 3. The zero-order valence-electron chi connectivity index (χ0n) is 7.14. The average Bonchev–Trinajstić information content (AvgIpc) is 2.70. The van der Waals surface area contributed by atoms with E-state index in [1.165, 1.54) is 25.0 Å². The van der Waals surface area contributed by atoms with Gasteiger partial charge in [-0.15, -0.1) is 0 Å². The maximum Gasteiger partial charge on any atom is 0.307 e. The van der Waals surface area contributed by atoms with Crippen LogP contribution >= 0.6 is 0 Å². The number of carbonyl (C=O) groups is 1. The van der Waals surface area contributed by atoms with Crippen LogP contribution in [-0.4, -0.2) is 16.1 Å². The molecule has 0 aliphatic rings. The summed E-state index contributed by atoms with van der Waals surface area (Å²) in [6.45, 7) is 0. The van der Waals surface area contributed by atoms with Gasteiger partial charge in [0.25, 0.3) is 0 Å². The van der Waals surface area contributed by atoms with E-state index in [-0.39, 0.29) is 6.42 Å². The number of aromatic nitrogens is 1. The molecule has 0 fully saturated rings. The summed E-state index contributed by atoms with van der Waals surface area (Å²) in [5.74, 6) is -0.547. The quantitative estimate of drug-likeness (QED) is 0.800. The molecule has 0 aliphatic carbocycles. The highest BCUT2D eigenvalue weighted by Gasteiger charge is 2.13. The highest BCUT2D eigenvalue weighted by atomic mass is 16.4. The normalized spacial score (nSPS) is 10.3. The summed E-state index contributed by atoms with van der Waals surface area (Å²) >= 11 is 0. The van der Waals surface area contributed by atoms with Crippen LogP contribution in [0.25, 0.3) is 11.5 Å². The van der Waals surface area contributed by atoms with Crippen LogP contribution in [0.1, 0.15) is 5.56 Å². The van der Waals surface area contributed by atoms with Crippen molar-refractivity contribution in [3.8, 4) is 11.5 Å². The van der Waals surface area contributed by atoms with Gasteiger partial charge in [0.05, 0.1) is 24.4 Å². The zero-order chi connectivity index (χ0) is 9.97. The lowest BCUT2D eigenvalue weighted by Crippen LogP contribution is -1.99. The Balaban J connectivity index is 2.35. The van der Waals surface area contributed by atoms with Crippen molar-refractivity contribution in [1.29, 1.82) is 0 Å². The third-order valence-electron chi connectivity index (χ3n) is 1.75. The van der Waals surface area contributed by atoms with Crippen LogP contribution < -0.4 is 0 Å². The number of nitrogens with zero attached hydrogens (tertiary/aromatic N) is 1. The summed E-state index contributed by atoms with van der Waals surface area (Å²) in [6.07, 6.45) is 5.62. The first kappa shape index (κ1) is 8.55. The molecule has 0 spiro atoms. The molecule has 0 saturated carbocycles. The molecule has 0 aromatic carbocycles. The molecule has 0 radical (unpaired) electrons. The Morgan fingerprint density at radius 3 is 3.00 bits per heavy atom. The van der Waals surface area contributed by atoms with E-state index < -0.39 is 5.97 Å². The minimum absolute atomic E-state index is 0.103. The highest BCUT2D eigenvalue weighted by molar-refractivity contribution is 5.73. The van der Waals surface area contributed by atoms with Gasteiger partial charge < -0.3 is 13.9 Å². The number of furan rings is 1. The average molecular weight is 193 g/mol. The van der Waals surface area contributed by atoms with E-state index in [0.717, 1.165) is 0 Å². The van der Waals surface area contributed by atoms with Crippen molar-refractivity contribution in [2.45, 2.75) is 6.42 Å². The molecule has 5 nitrogen and oxygen atoms in total. The van der Waals surface area contributed by atoms with Crippen molar-refractivity contribution < 1.29 is 18.7 Å². The molecule has 0 bridgehead atoms. The first-order valence-electron chi connectivity index (χ1n) is 3.94. The van der Waals surface area contributed by atoms with Crippen molar-refractivity contribution in [2.75, 3.05) is 0 Å². The third kappa shape index (κ3) is 1.52. The molecule has 72 valence electrons. The fourth-order valence-electron chi connectivity index (χ4n) is 1.17. The Morgan fingerprint density at radius 2 is 2.36 bits per heavy atom. The fraction of sp³-hybridized carbons (Fsp3) is 0.111. The van der Waals surface area contributed by atoms with Crippen molar-refractivity contribution >= 4 is 5.97 Å². The number of aliphatic carboxylic acids is 1. The summed E-state index contributed by atoms with van der Waals surface area (Å²) < 4.78 is 9.94. The second kappa shape index (κ2) is 3.37. The molecule has 2 aromatic heterocycles. The Labute approximate surface area is 79.0 Å². The molecule has 5 heteroatoms. The molecule has 0 saturated heterocycles. The smallest absolute Gasteiger partial charge is 0.307 e. The van der Waals surface area contributed by atoms with Crippen LogP contribution in [0, 0.1) is 0 Å². The van der Waals surface area contributed by atoms with Crippen LogP contribution in [-0.2, 0) is 11.2 Å². The summed E-state index contributed by atoms with van der Waals surface area (Å²) in [4.78, 5) is 14.4. The molecule has 2 rings (SSSR count). The van der Waals surface area contributed by atoms with Crippen LogP contribution in [0.4, 0.5) is 0 Å². The van der Waals surface area contributed by atoms with Gasteiger partial charge in [0.15, 0.2) is 0 Å². The number of carboxylic acid groups (broad SMARTS) is 1. The van der Waals surface area contributed by atoms with E-state index in [2.05, 4.69) is 4.98 Å².